The Bertz CT molecular complexity index is 611. The lowest BCUT2D eigenvalue weighted by Crippen LogP contribution is -2.33. The second-order valence-corrected chi connectivity index (χ2v) is 5.39. The van der Waals surface area contributed by atoms with Crippen LogP contribution in [0.25, 0.3) is 0 Å². The molecule has 0 saturated carbocycles. The third-order valence-corrected chi connectivity index (χ3v) is 3.81. The van der Waals surface area contributed by atoms with Crippen molar-refractivity contribution in [2.24, 2.45) is 5.73 Å². The van der Waals surface area contributed by atoms with Gasteiger partial charge in [0.25, 0.3) is 0 Å². The molecule has 0 fully saturated rings. The van der Waals surface area contributed by atoms with Gasteiger partial charge in [-0.3, -0.25) is 4.79 Å². The van der Waals surface area contributed by atoms with E-state index in [1.807, 2.05) is 0 Å². The number of nitrogens with one attached hydrogen (secondary N) is 1. The Morgan fingerprint density at radius 3 is 2.67 bits per heavy atom. The number of alkyl halides is 3. The third-order valence-electron chi connectivity index (χ3n) is 2.85. The summed E-state index contributed by atoms with van der Waals surface area (Å²) in [5.41, 5.74) is 5.40. The summed E-state index contributed by atoms with van der Waals surface area (Å²) in [6.07, 6.45) is -4.40. The van der Waals surface area contributed by atoms with Crippen LogP contribution in [0.5, 0.6) is 0 Å². The van der Waals surface area contributed by atoms with Gasteiger partial charge >= 0.3 is 6.18 Å². The van der Waals surface area contributed by atoms with Gasteiger partial charge in [0.2, 0.25) is 5.91 Å². The van der Waals surface area contributed by atoms with E-state index in [0.717, 1.165) is 12.1 Å². The number of benzene rings is 1. The molecule has 0 radical (unpaired) electrons. The predicted molar refractivity (Wildman–Crippen MR) is 74.5 cm³/mol. The highest BCUT2D eigenvalue weighted by Crippen LogP contribution is 2.29. The highest BCUT2D eigenvalue weighted by Gasteiger charge is 2.30. The van der Waals surface area contributed by atoms with Crippen LogP contribution in [0.4, 0.5) is 13.2 Å². The first kappa shape index (κ1) is 15.5. The maximum absolute atomic E-state index is 12.6. The van der Waals surface area contributed by atoms with Crippen LogP contribution >= 0.6 is 11.3 Å². The fraction of sp³-hybridized carbons (Fsp3) is 0.214. The quantitative estimate of drug-likeness (QED) is 0.911. The van der Waals surface area contributed by atoms with E-state index in [9.17, 15) is 18.0 Å². The van der Waals surface area contributed by atoms with Crippen molar-refractivity contribution in [3.05, 3.63) is 57.8 Å². The van der Waals surface area contributed by atoms with E-state index in [1.54, 1.807) is 17.5 Å². The predicted octanol–water partition coefficient (Wildman–Crippen LogP) is 3.08. The van der Waals surface area contributed by atoms with Gasteiger partial charge in [0.1, 0.15) is 6.04 Å². The van der Waals surface area contributed by atoms with Crippen molar-refractivity contribution in [3.8, 4) is 0 Å². The highest BCUT2D eigenvalue weighted by atomic mass is 32.1. The summed E-state index contributed by atoms with van der Waals surface area (Å²) in [7, 11) is 0. The summed E-state index contributed by atoms with van der Waals surface area (Å²) in [5, 5.41) is 4.34. The zero-order valence-corrected chi connectivity index (χ0v) is 11.7. The van der Waals surface area contributed by atoms with Crippen molar-refractivity contribution in [1.82, 2.24) is 5.32 Å². The van der Waals surface area contributed by atoms with Gasteiger partial charge < -0.3 is 11.1 Å². The molecule has 3 N–H and O–H groups in total. The van der Waals surface area contributed by atoms with Crippen molar-refractivity contribution in [2.75, 3.05) is 0 Å². The molecule has 0 aliphatic rings. The molecule has 21 heavy (non-hydrogen) atoms. The molecule has 1 unspecified atom stereocenters. The molecule has 112 valence electrons. The van der Waals surface area contributed by atoms with E-state index in [0.29, 0.717) is 10.4 Å². The minimum Gasteiger partial charge on any atom is -0.350 e. The van der Waals surface area contributed by atoms with E-state index in [1.165, 1.54) is 23.5 Å². The van der Waals surface area contributed by atoms with Crippen molar-refractivity contribution >= 4 is 17.2 Å². The van der Waals surface area contributed by atoms with E-state index >= 15 is 0 Å². The highest BCUT2D eigenvalue weighted by molar-refractivity contribution is 7.10. The van der Waals surface area contributed by atoms with E-state index < -0.39 is 23.7 Å². The molecule has 1 atom stereocenters. The zero-order chi connectivity index (χ0) is 15.5. The molecule has 1 amide bonds. The second-order valence-electron chi connectivity index (χ2n) is 4.41. The first-order valence-electron chi connectivity index (χ1n) is 6.11. The molecule has 7 heteroatoms. The monoisotopic (exact) mass is 314 g/mol. The molecule has 0 aliphatic heterocycles. The molecule has 1 heterocycles. The number of nitrogens with two attached hydrogens (primary N) is 1. The number of carbonyl (C=O) groups excluding carboxylic acids is 1. The minimum atomic E-state index is -4.40. The molecule has 0 saturated heterocycles. The number of carbonyl (C=O) groups is 1. The van der Waals surface area contributed by atoms with Gasteiger partial charge in [0.15, 0.2) is 0 Å². The second kappa shape index (κ2) is 6.28. The molecule has 2 rings (SSSR count). The van der Waals surface area contributed by atoms with Gasteiger partial charge in [-0.1, -0.05) is 18.2 Å². The standard InChI is InChI=1S/C14H13F3N2OS/c15-14(16,17)10-4-1-3-9(7-10)8-19-13(20)12(18)11-5-2-6-21-11/h1-7,12H,8,18H2,(H,19,20). The van der Waals surface area contributed by atoms with Crippen molar-refractivity contribution in [3.63, 3.8) is 0 Å². The Morgan fingerprint density at radius 2 is 2.05 bits per heavy atom. The Hall–Kier alpha value is -1.86. The fourth-order valence-corrected chi connectivity index (χ4v) is 2.48. The SMILES string of the molecule is NC(C(=O)NCc1cccc(C(F)(F)F)c1)c1cccs1. The fourth-order valence-electron chi connectivity index (χ4n) is 1.75. The number of halogens is 3. The lowest BCUT2D eigenvalue weighted by atomic mass is 10.1. The summed E-state index contributed by atoms with van der Waals surface area (Å²) in [5.74, 6) is -0.421. The van der Waals surface area contributed by atoms with Gasteiger partial charge in [0, 0.05) is 11.4 Å². The molecule has 2 aromatic rings. The smallest absolute Gasteiger partial charge is 0.350 e. The van der Waals surface area contributed by atoms with Crippen molar-refractivity contribution < 1.29 is 18.0 Å². The van der Waals surface area contributed by atoms with Gasteiger partial charge in [-0.05, 0) is 29.1 Å². The number of thiophene rings is 1. The third kappa shape index (κ3) is 4.05. The molecule has 0 aliphatic carbocycles. The van der Waals surface area contributed by atoms with Crippen LogP contribution in [0.3, 0.4) is 0 Å². The van der Waals surface area contributed by atoms with Crippen molar-refractivity contribution in [1.29, 1.82) is 0 Å². The number of hydrogen-bond donors (Lipinski definition) is 2. The Morgan fingerprint density at radius 1 is 1.29 bits per heavy atom. The number of rotatable bonds is 4. The summed E-state index contributed by atoms with van der Waals surface area (Å²) in [6.45, 7) is 0.00181. The van der Waals surface area contributed by atoms with Crippen LogP contribution in [0, 0.1) is 0 Å². The number of amides is 1. The maximum Gasteiger partial charge on any atom is 0.416 e. The van der Waals surface area contributed by atoms with Gasteiger partial charge in [-0.2, -0.15) is 13.2 Å². The largest absolute Gasteiger partial charge is 0.416 e. The first-order chi connectivity index (χ1) is 9.88. The molecule has 0 spiro atoms. The van der Waals surface area contributed by atoms with Crippen LogP contribution in [0.1, 0.15) is 22.0 Å². The summed E-state index contributed by atoms with van der Waals surface area (Å²) >= 11 is 1.35. The average molecular weight is 314 g/mol. The van der Waals surface area contributed by atoms with Gasteiger partial charge in [-0.25, -0.2) is 0 Å². The van der Waals surface area contributed by atoms with Crippen LogP contribution in [0.2, 0.25) is 0 Å². The summed E-state index contributed by atoms with van der Waals surface area (Å²) < 4.78 is 37.7. The minimum absolute atomic E-state index is 0.00181. The first-order valence-corrected chi connectivity index (χ1v) is 6.99. The average Bonchev–Trinajstić information content (AvgIpc) is 2.97. The Balaban J connectivity index is 1.98. The summed E-state index contributed by atoms with van der Waals surface area (Å²) in [4.78, 5) is 12.6. The van der Waals surface area contributed by atoms with Gasteiger partial charge in [0.05, 0.1) is 5.56 Å². The van der Waals surface area contributed by atoms with Crippen LogP contribution in [0.15, 0.2) is 41.8 Å². The zero-order valence-electron chi connectivity index (χ0n) is 10.9. The maximum atomic E-state index is 12.6. The summed E-state index contributed by atoms with van der Waals surface area (Å²) in [6, 6.07) is 7.53. The Labute approximate surface area is 123 Å². The molecular formula is C14H13F3N2OS. The molecule has 1 aromatic heterocycles. The van der Waals surface area contributed by atoms with E-state index in [2.05, 4.69) is 5.32 Å². The van der Waals surface area contributed by atoms with Crippen LogP contribution in [-0.2, 0) is 17.5 Å². The van der Waals surface area contributed by atoms with Crippen molar-refractivity contribution in [2.45, 2.75) is 18.8 Å². The lowest BCUT2D eigenvalue weighted by Gasteiger charge is -2.12. The van der Waals surface area contributed by atoms with Crippen LogP contribution < -0.4 is 11.1 Å². The van der Waals surface area contributed by atoms with Crippen LogP contribution in [-0.4, -0.2) is 5.91 Å². The molecule has 3 nitrogen and oxygen atoms in total. The number of hydrogen-bond acceptors (Lipinski definition) is 3. The van der Waals surface area contributed by atoms with E-state index in [-0.39, 0.29) is 6.54 Å². The lowest BCUT2D eigenvalue weighted by molar-refractivity contribution is -0.137. The molecule has 1 aromatic carbocycles. The normalized spacial score (nSPS) is 13.0. The molecule has 0 bridgehead atoms. The Kier molecular flexibility index (Phi) is 4.64. The van der Waals surface area contributed by atoms with E-state index in [4.69, 9.17) is 5.73 Å². The topological polar surface area (TPSA) is 55.1 Å². The molecular weight excluding hydrogens is 301 g/mol. The van der Waals surface area contributed by atoms with Gasteiger partial charge in [-0.15, -0.1) is 11.3 Å².